The zero-order valence-corrected chi connectivity index (χ0v) is 20.1. The Morgan fingerprint density at radius 1 is 0.971 bits per heavy atom. The van der Waals surface area contributed by atoms with Gasteiger partial charge in [-0.05, 0) is 50.6 Å². The summed E-state index contributed by atoms with van der Waals surface area (Å²) in [7, 11) is 0. The molecule has 0 aliphatic heterocycles. The van der Waals surface area contributed by atoms with Gasteiger partial charge in [0, 0.05) is 23.0 Å². The lowest BCUT2D eigenvalue weighted by Crippen LogP contribution is -2.46. The second-order valence-corrected chi connectivity index (χ2v) is 9.68. The van der Waals surface area contributed by atoms with Crippen LogP contribution in [0.15, 0.2) is 88.7 Å². The van der Waals surface area contributed by atoms with Crippen LogP contribution in [0, 0.1) is 10.1 Å². The van der Waals surface area contributed by atoms with Gasteiger partial charge in [0.05, 0.1) is 15.4 Å². The summed E-state index contributed by atoms with van der Waals surface area (Å²) in [6.07, 6.45) is 0. The molecule has 0 N–H and O–H groups in total. The molecule has 3 aromatic carbocycles. The monoisotopic (exact) mass is 478 g/mol. The minimum absolute atomic E-state index is 0.0160. The summed E-state index contributed by atoms with van der Waals surface area (Å²) in [6.45, 7) is 5.63. The molecule has 8 heteroatoms. The lowest BCUT2D eigenvalue weighted by molar-refractivity contribution is -0.387. The van der Waals surface area contributed by atoms with Crippen LogP contribution in [0.2, 0.25) is 0 Å². The number of rotatable bonds is 8. The fourth-order valence-corrected chi connectivity index (χ4v) is 4.16. The summed E-state index contributed by atoms with van der Waals surface area (Å²) >= 11 is 1.23. The third kappa shape index (κ3) is 6.68. The average Bonchev–Trinajstić information content (AvgIpc) is 2.81. The zero-order chi connectivity index (χ0) is 24.7. The molecular weight excluding hydrogens is 452 g/mol. The molecule has 176 valence electrons. The molecule has 0 bridgehead atoms. The Bertz CT molecular complexity index is 1160. The lowest BCUT2D eigenvalue weighted by atomic mass is 10.0. The summed E-state index contributed by atoms with van der Waals surface area (Å²) in [5, 5.41) is 11.6. The minimum Gasteiger partial charge on any atom is -0.452 e. The molecule has 0 spiro atoms. The summed E-state index contributed by atoms with van der Waals surface area (Å²) in [4.78, 5) is 39.5. The number of benzene rings is 3. The van der Waals surface area contributed by atoms with Crippen LogP contribution in [0.25, 0.3) is 0 Å². The predicted octanol–water partition coefficient (Wildman–Crippen LogP) is 5.73. The molecule has 3 aromatic rings. The third-order valence-electron chi connectivity index (χ3n) is 4.98. The summed E-state index contributed by atoms with van der Waals surface area (Å²) in [5.74, 6) is -1.14. The Balaban J connectivity index is 1.71. The first-order valence-corrected chi connectivity index (χ1v) is 11.5. The van der Waals surface area contributed by atoms with Gasteiger partial charge in [-0.15, -0.1) is 0 Å². The van der Waals surface area contributed by atoms with Gasteiger partial charge in [-0.3, -0.25) is 14.9 Å². The van der Waals surface area contributed by atoms with Crippen molar-refractivity contribution in [3.63, 3.8) is 0 Å². The number of nitro groups is 1. The van der Waals surface area contributed by atoms with E-state index >= 15 is 0 Å². The van der Waals surface area contributed by atoms with E-state index in [-0.39, 0.29) is 17.2 Å². The topological polar surface area (TPSA) is 89.8 Å². The van der Waals surface area contributed by atoms with Gasteiger partial charge in [-0.1, -0.05) is 60.3 Å². The van der Waals surface area contributed by atoms with Gasteiger partial charge < -0.3 is 9.64 Å². The lowest BCUT2D eigenvalue weighted by Gasteiger charge is -2.35. The molecule has 0 radical (unpaired) electrons. The van der Waals surface area contributed by atoms with Crippen molar-refractivity contribution in [3.05, 3.63) is 100 Å². The van der Waals surface area contributed by atoms with Gasteiger partial charge in [-0.25, -0.2) is 4.79 Å². The summed E-state index contributed by atoms with van der Waals surface area (Å²) in [6, 6.07) is 22.9. The summed E-state index contributed by atoms with van der Waals surface area (Å²) in [5.41, 5.74) is 0.283. The molecule has 0 fully saturated rings. The zero-order valence-electron chi connectivity index (χ0n) is 19.3. The Morgan fingerprint density at radius 3 is 2.18 bits per heavy atom. The maximum Gasteiger partial charge on any atom is 0.338 e. The van der Waals surface area contributed by atoms with Crippen molar-refractivity contribution in [3.8, 4) is 0 Å². The van der Waals surface area contributed by atoms with E-state index in [1.54, 1.807) is 4.90 Å². The van der Waals surface area contributed by atoms with E-state index in [1.165, 1.54) is 30.0 Å². The SMILES string of the molecule is CC(C)(C)N(Cc1ccccc1)C(=O)COC(=O)c1ccc(Sc2ccccc2)c([N+](=O)[O-])c1. The van der Waals surface area contributed by atoms with Crippen molar-refractivity contribution in [1.29, 1.82) is 0 Å². The van der Waals surface area contributed by atoms with Crippen LogP contribution < -0.4 is 0 Å². The fourth-order valence-electron chi connectivity index (χ4n) is 3.24. The average molecular weight is 479 g/mol. The van der Waals surface area contributed by atoms with Gasteiger partial charge in [0.15, 0.2) is 6.61 Å². The number of nitro benzene ring substituents is 1. The minimum atomic E-state index is -0.790. The third-order valence-corrected chi connectivity index (χ3v) is 6.06. The van der Waals surface area contributed by atoms with Crippen molar-refractivity contribution < 1.29 is 19.2 Å². The van der Waals surface area contributed by atoms with E-state index < -0.39 is 23.0 Å². The highest BCUT2D eigenvalue weighted by Gasteiger charge is 2.28. The second kappa shape index (κ2) is 11.0. The number of amides is 1. The fraction of sp³-hybridized carbons (Fsp3) is 0.231. The number of nitrogens with zero attached hydrogens (tertiary/aromatic N) is 2. The number of esters is 1. The first kappa shape index (κ1) is 25.0. The van der Waals surface area contributed by atoms with Crippen LogP contribution in [-0.4, -0.2) is 33.8 Å². The second-order valence-electron chi connectivity index (χ2n) is 8.57. The van der Waals surface area contributed by atoms with Crippen LogP contribution in [0.3, 0.4) is 0 Å². The summed E-state index contributed by atoms with van der Waals surface area (Å²) < 4.78 is 5.24. The van der Waals surface area contributed by atoms with Gasteiger partial charge in [0.1, 0.15) is 0 Å². The molecule has 0 atom stereocenters. The Morgan fingerprint density at radius 2 is 1.59 bits per heavy atom. The van der Waals surface area contributed by atoms with E-state index in [1.807, 2.05) is 81.4 Å². The van der Waals surface area contributed by atoms with E-state index in [4.69, 9.17) is 4.74 Å². The van der Waals surface area contributed by atoms with Crippen molar-refractivity contribution in [2.24, 2.45) is 0 Å². The molecular formula is C26H26N2O5S. The van der Waals surface area contributed by atoms with E-state index in [2.05, 4.69) is 0 Å². The standard InChI is InChI=1S/C26H26N2O5S/c1-26(2,3)27(17-19-10-6-4-7-11-19)24(29)18-33-25(30)20-14-15-23(22(16-20)28(31)32)34-21-12-8-5-9-13-21/h4-16H,17-18H2,1-3H3. The number of hydrogen-bond acceptors (Lipinski definition) is 6. The number of carbonyl (C=O) groups is 2. The largest absolute Gasteiger partial charge is 0.452 e. The highest BCUT2D eigenvalue weighted by atomic mass is 32.2. The van der Waals surface area contributed by atoms with Crippen molar-refractivity contribution in [2.75, 3.05) is 6.61 Å². The Kier molecular flexibility index (Phi) is 8.07. The highest BCUT2D eigenvalue weighted by Crippen LogP contribution is 2.35. The highest BCUT2D eigenvalue weighted by molar-refractivity contribution is 7.99. The molecule has 0 saturated heterocycles. The Labute approximate surface area is 202 Å². The van der Waals surface area contributed by atoms with Gasteiger partial charge in [0.25, 0.3) is 11.6 Å². The molecule has 34 heavy (non-hydrogen) atoms. The quantitative estimate of drug-likeness (QED) is 0.233. The molecule has 0 saturated carbocycles. The molecule has 3 rings (SSSR count). The van der Waals surface area contributed by atoms with Crippen molar-refractivity contribution in [1.82, 2.24) is 4.90 Å². The van der Waals surface area contributed by atoms with Crippen LogP contribution in [-0.2, 0) is 16.1 Å². The van der Waals surface area contributed by atoms with Crippen LogP contribution in [0.4, 0.5) is 5.69 Å². The van der Waals surface area contributed by atoms with Crippen molar-refractivity contribution >= 4 is 29.3 Å². The smallest absolute Gasteiger partial charge is 0.338 e. The number of carbonyl (C=O) groups excluding carboxylic acids is 2. The van der Waals surface area contributed by atoms with Crippen LogP contribution in [0.1, 0.15) is 36.7 Å². The first-order valence-electron chi connectivity index (χ1n) is 10.7. The number of hydrogen-bond donors (Lipinski definition) is 0. The molecule has 0 aliphatic carbocycles. The molecule has 0 aromatic heterocycles. The molecule has 0 heterocycles. The van der Waals surface area contributed by atoms with Crippen LogP contribution in [0.5, 0.6) is 0 Å². The first-order chi connectivity index (χ1) is 16.1. The molecule has 7 nitrogen and oxygen atoms in total. The van der Waals surface area contributed by atoms with Crippen LogP contribution >= 0.6 is 11.8 Å². The number of ether oxygens (including phenoxy) is 1. The van der Waals surface area contributed by atoms with Gasteiger partial charge in [-0.2, -0.15) is 0 Å². The maximum atomic E-state index is 12.9. The maximum absolute atomic E-state index is 12.9. The normalized spacial score (nSPS) is 11.0. The Hall–Kier alpha value is -3.65. The van der Waals surface area contributed by atoms with E-state index in [0.29, 0.717) is 11.4 Å². The predicted molar refractivity (Wildman–Crippen MR) is 131 cm³/mol. The van der Waals surface area contributed by atoms with E-state index in [9.17, 15) is 19.7 Å². The molecule has 0 unspecified atom stereocenters. The molecule has 0 aliphatic rings. The van der Waals surface area contributed by atoms with Gasteiger partial charge in [0.2, 0.25) is 0 Å². The van der Waals surface area contributed by atoms with Crippen molar-refractivity contribution in [2.45, 2.75) is 42.6 Å². The molecule has 1 amide bonds. The van der Waals surface area contributed by atoms with Gasteiger partial charge >= 0.3 is 5.97 Å². The van der Waals surface area contributed by atoms with E-state index in [0.717, 1.165) is 10.5 Å².